The molecule has 0 atom stereocenters. The highest BCUT2D eigenvalue weighted by molar-refractivity contribution is 7.94. The Morgan fingerprint density at radius 3 is 2.95 bits per heavy atom. The van der Waals surface area contributed by atoms with E-state index in [0.29, 0.717) is 17.7 Å². The van der Waals surface area contributed by atoms with E-state index in [2.05, 4.69) is 10.3 Å². The van der Waals surface area contributed by atoms with Crippen molar-refractivity contribution in [2.75, 3.05) is 6.54 Å². The summed E-state index contributed by atoms with van der Waals surface area (Å²) in [5, 5.41) is 3.95. The van der Waals surface area contributed by atoms with Gasteiger partial charge in [-0.1, -0.05) is 6.07 Å². The first-order valence-electron chi connectivity index (χ1n) is 6.88. The van der Waals surface area contributed by atoms with Crippen molar-refractivity contribution >= 4 is 21.8 Å². The minimum Gasteiger partial charge on any atom is -0.352 e. The molecule has 1 aromatic heterocycles. The molecule has 0 fully saturated rings. The lowest BCUT2D eigenvalue weighted by Crippen LogP contribution is -2.26. The SMILES string of the molecule is O=C(NCCCn1ccnc1)c1cccc2c1C=CS2(=O)=O. The molecule has 0 saturated carbocycles. The lowest BCUT2D eigenvalue weighted by atomic mass is 10.1. The summed E-state index contributed by atoms with van der Waals surface area (Å²) in [6.45, 7) is 1.28. The van der Waals surface area contributed by atoms with Crippen molar-refractivity contribution in [1.29, 1.82) is 0 Å². The van der Waals surface area contributed by atoms with E-state index >= 15 is 0 Å². The Morgan fingerprint density at radius 1 is 1.32 bits per heavy atom. The molecule has 7 heteroatoms. The van der Waals surface area contributed by atoms with Crippen LogP contribution in [0.2, 0.25) is 0 Å². The normalized spacial score (nSPS) is 14.7. The van der Waals surface area contributed by atoms with Gasteiger partial charge >= 0.3 is 0 Å². The molecule has 1 N–H and O–H groups in total. The predicted molar refractivity (Wildman–Crippen MR) is 81.8 cm³/mol. The Kier molecular flexibility index (Phi) is 3.81. The second kappa shape index (κ2) is 5.76. The fourth-order valence-corrected chi connectivity index (χ4v) is 3.59. The molecule has 0 bridgehead atoms. The molecule has 3 rings (SSSR count). The zero-order chi connectivity index (χ0) is 15.6. The van der Waals surface area contributed by atoms with Crippen molar-refractivity contribution in [3.05, 3.63) is 53.5 Å². The average Bonchev–Trinajstić information content (AvgIpc) is 3.12. The van der Waals surface area contributed by atoms with Crippen molar-refractivity contribution in [2.45, 2.75) is 17.9 Å². The standard InChI is InChI=1S/C15H15N3O3S/c19-15(17-6-2-8-18-9-7-16-11-18)13-3-1-4-14-12(13)5-10-22(14,20)21/h1,3-5,7,9-11H,2,6,8H2,(H,17,19). The first-order valence-corrected chi connectivity index (χ1v) is 8.43. The van der Waals surface area contributed by atoms with Crippen LogP contribution >= 0.6 is 0 Å². The Hall–Kier alpha value is -2.41. The van der Waals surface area contributed by atoms with E-state index in [1.54, 1.807) is 24.7 Å². The van der Waals surface area contributed by atoms with Gasteiger partial charge in [-0.05, 0) is 24.6 Å². The van der Waals surface area contributed by atoms with Crippen LogP contribution in [0.5, 0.6) is 0 Å². The summed E-state index contributed by atoms with van der Waals surface area (Å²) >= 11 is 0. The summed E-state index contributed by atoms with van der Waals surface area (Å²) in [6.07, 6.45) is 7.54. The number of aromatic nitrogens is 2. The molecule has 1 amide bonds. The molecule has 0 unspecified atom stereocenters. The number of rotatable bonds is 5. The van der Waals surface area contributed by atoms with Crippen molar-refractivity contribution in [2.24, 2.45) is 0 Å². The van der Waals surface area contributed by atoms with E-state index in [9.17, 15) is 13.2 Å². The zero-order valence-corrected chi connectivity index (χ0v) is 12.6. The molecular weight excluding hydrogens is 302 g/mol. The molecule has 114 valence electrons. The van der Waals surface area contributed by atoms with Gasteiger partial charge in [0.05, 0.1) is 11.2 Å². The van der Waals surface area contributed by atoms with Gasteiger partial charge in [0.2, 0.25) is 0 Å². The Balaban J connectivity index is 1.64. The van der Waals surface area contributed by atoms with E-state index in [1.807, 2.05) is 10.8 Å². The molecule has 6 nitrogen and oxygen atoms in total. The van der Waals surface area contributed by atoms with Crippen molar-refractivity contribution in [3.63, 3.8) is 0 Å². The number of benzene rings is 1. The van der Waals surface area contributed by atoms with Gasteiger partial charge in [0.1, 0.15) is 0 Å². The zero-order valence-electron chi connectivity index (χ0n) is 11.8. The van der Waals surface area contributed by atoms with Crippen LogP contribution in [0.3, 0.4) is 0 Å². The smallest absolute Gasteiger partial charge is 0.251 e. The summed E-state index contributed by atoms with van der Waals surface area (Å²) in [4.78, 5) is 16.4. The average molecular weight is 317 g/mol. The Labute approximate surface area is 128 Å². The largest absolute Gasteiger partial charge is 0.352 e. The molecule has 1 aliphatic rings. The fraction of sp³-hybridized carbons (Fsp3) is 0.200. The van der Waals surface area contributed by atoms with E-state index in [1.165, 1.54) is 12.1 Å². The molecule has 0 saturated heterocycles. The maximum absolute atomic E-state index is 12.2. The molecule has 22 heavy (non-hydrogen) atoms. The quantitative estimate of drug-likeness (QED) is 0.847. The highest BCUT2D eigenvalue weighted by atomic mass is 32.2. The van der Waals surface area contributed by atoms with Gasteiger partial charge in [-0.25, -0.2) is 13.4 Å². The summed E-state index contributed by atoms with van der Waals surface area (Å²) in [6, 6.07) is 4.74. The first-order chi connectivity index (χ1) is 10.6. The van der Waals surface area contributed by atoms with Crippen LogP contribution in [0.4, 0.5) is 0 Å². The van der Waals surface area contributed by atoms with Crippen LogP contribution in [0.15, 0.2) is 47.2 Å². The van der Waals surface area contributed by atoms with E-state index in [0.717, 1.165) is 18.4 Å². The number of carbonyl (C=O) groups excluding carboxylic acids is 1. The number of hydrogen-bond donors (Lipinski definition) is 1. The molecule has 2 aromatic rings. The number of carbonyl (C=O) groups is 1. The number of fused-ring (bicyclic) bond motifs is 1. The van der Waals surface area contributed by atoms with E-state index in [-0.39, 0.29) is 10.8 Å². The highest BCUT2D eigenvalue weighted by Gasteiger charge is 2.24. The van der Waals surface area contributed by atoms with Crippen LogP contribution in [0, 0.1) is 0 Å². The third kappa shape index (κ3) is 2.80. The number of hydrogen-bond acceptors (Lipinski definition) is 4. The van der Waals surface area contributed by atoms with Crippen molar-refractivity contribution in [1.82, 2.24) is 14.9 Å². The minimum atomic E-state index is -3.39. The monoisotopic (exact) mass is 317 g/mol. The molecule has 1 aromatic carbocycles. The number of nitrogens with zero attached hydrogens (tertiary/aromatic N) is 2. The number of sulfone groups is 1. The number of aryl methyl sites for hydroxylation is 1. The van der Waals surface area contributed by atoms with Crippen LogP contribution in [0.1, 0.15) is 22.3 Å². The first kappa shape index (κ1) is 14.5. The second-order valence-corrected chi connectivity index (χ2v) is 6.78. The number of nitrogens with one attached hydrogen (secondary N) is 1. The third-order valence-electron chi connectivity index (χ3n) is 3.47. The lowest BCUT2D eigenvalue weighted by molar-refractivity contribution is 0.0952. The summed E-state index contributed by atoms with van der Waals surface area (Å²) in [5.41, 5.74) is 0.854. The Morgan fingerprint density at radius 2 is 2.18 bits per heavy atom. The van der Waals surface area contributed by atoms with Gasteiger partial charge in [-0.2, -0.15) is 0 Å². The fourth-order valence-electron chi connectivity index (χ4n) is 2.37. The number of amides is 1. The Bertz CT molecular complexity index is 824. The maximum Gasteiger partial charge on any atom is 0.251 e. The molecule has 0 spiro atoms. The van der Waals surface area contributed by atoms with Crippen molar-refractivity contribution < 1.29 is 13.2 Å². The highest BCUT2D eigenvalue weighted by Crippen LogP contribution is 2.29. The summed E-state index contributed by atoms with van der Waals surface area (Å²) in [5.74, 6) is -0.260. The minimum absolute atomic E-state index is 0.193. The second-order valence-electron chi connectivity index (χ2n) is 4.98. The van der Waals surface area contributed by atoms with Crippen LogP contribution in [-0.4, -0.2) is 30.4 Å². The summed E-state index contributed by atoms with van der Waals surface area (Å²) < 4.78 is 25.5. The van der Waals surface area contributed by atoms with Crippen LogP contribution in [-0.2, 0) is 16.4 Å². The molecule has 1 aliphatic heterocycles. The number of imidazole rings is 1. The molecular formula is C15H15N3O3S. The van der Waals surface area contributed by atoms with Gasteiger partial charge in [-0.15, -0.1) is 0 Å². The molecule has 0 aliphatic carbocycles. The van der Waals surface area contributed by atoms with Crippen molar-refractivity contribution in [3.8, 4) is 0 Å². The van der Waals surface area contributed by atoms with E-state index < -0.39 is 9.84 Å². The van der Waals surface area contributed by atoms with Crippen LogP contribution in [0.25, 0.3) is 6.08 Å². The maximum atomic E-state index is 12.2. The molecule has 0 radical (unpaired) electrons. The van der Waals surface area contributed by atoms with Crippen LogP contribution < -0.4 is 5.32 Å². The lowest BCUT2D eigenvalue weighted by Gasteiger charge is -2.08. The van der Waals surface area contributed by atoms with Gasteiger partial charge in [0.25, 0.3) is 5.91 Å². The van der Waals surface area contributed by atoms with Gasteiger partial charge < -0.3 is 9.88 Å². The van der Waals surface area contributed by atoms with E-state index in [4.69, 9.17) is 0 Å². The third-order valence-corrected chi connectivity index (χ3v) is 4.93. The summed E-state index contributed by atoms with van der Waals surface area (Å²) in [7, 11) is -3.39. The topological polar surface area (TPSA) is 81.1 Å². The van der Waals surface area contributed by atoms with Gasteiger partial charge in [0, 0.05) is 42.0 Å². The molecule has 2 heterocycles. The van der Waals surface area contributed by atoms with Gasteiger partial charge in [-0.3, -0.25) is 4.79 Å². The van der Waals surface area contributed by atoms with Gasteiger partial charge in [0.15, 0.2) is 9.84 Å². The predicted octanol–water partition coefficient (Wildman–Crippen LogP) is 1.46.